The zero-order valence-corrected chi connectivity index (χ0v) is 10.2. The summed E-state index contributed by atoms with van der Waals surface area (Å²) < 4.78 is 0. The molecule has 17 heavy (non-hydrogen) atoms. The van der Waals surface area contributed by atoms with E-state index in [0.717, 1.165) is 6.54 Å². The molecule has 2 atom stereocenters. The number of aliphatic carboxylic acids is 1. The molecule has 96 valence electrons. The second-order valence-corrected chi connectivity index (χ2v) is 5.31. The van der Waals surface area contributed by atoms with Crippen molar-refractivity contribution in [2.24, 2.45) is 17.8 Å². The molecule has 2 aliphatic rings. The number of carbonyl (C=O) groups excluding carboxylic acids is 1. The summed E-state index contributed by atoms with van der Waals surface area (Å²) in [5.74, 6) is -0.535. The Labute approximate surface area is 101 Å². The molecule has 2 rings (SSSR count). The minimum Gasteiger partial charge on any atom is -0.481 e. The quantitative estimate of drug-likeness (QED) is 0.777. The van der Waals surface area contributed by atoms with Crippen molar-refractivity contribution in [1.82, 2.24) is 10.2 Å². The van der Waals surface area contributed by atoms with Gasteiger partial charge >= 0.3 is 12.0 Å². The topological polar surface area (TPSA) is 69.6 Å². The third-order valence-corrected chi connectivity index (χ3v) is 3.98. The number of carboxylic acid groups (broad SMARTS) is 1. The van der Waals surface area contributed by atoms with E-state index in [0.29, 0.717) is 19.0 Å². The Hall–Kier alpha value is -1.26. The highest BCUT2D eigenvalue weighted by molar-refractivity contribution is 5.77. The maximum Gasteiger partial charge on any atom is 0.317 e. The van der Waals surface area contributed by atoms with Gasteiger partial charge in [0.05, 0.1) is 5.92 Å². The van der Waals surface area contributed by atoms with Gasteiger partial charge in [0.15, 0.2) is 0 Å². The van der Waals surface area contributed by atoms with Gasteiger partial charge in [-0.1, -0.05) is 13.3 Å². The zero-order chi connectivity index (χ0) is 12.4. The first-order chi connectivity index (χ1) is 8.08. The molecule has 0 aromatic heterocycles. The van der Waals surface area contributed by atoms with Crippen molar-refractivity contribution in [2.45, 2.75) is 26.2 Å². The van der Waals surface area contributed by atoms with Crippen LogP contribution >= 0.6 is 0 Å². The van der Waals surface area contributed by atoms with Gasteiger partial charge in [-0.05, 0) is 24.7 Å². The number of carbonyl (C=O) groups is 2. The fraction of sp³-hybridized carbons (Fsp3) is 0.833. The third kappa shape index (κ3) is 2.70. The van der Waals surface area contributed by atoms with Crippen LogP contribution in [-0.2, 0) is 4.79 Å². The van der Waals surface area contributed by atoms with Crippen molar-refractivity contribution in [3.63, 3.8) is 0 Å². The number of nitrogens with one attached hydrogen (secondary N) is 1. The van der Waals surface area contributed by atoms with Gasteiger partial charge in [-0.15, -0.1) is 0 Å². The van der Waals surface area contributed by atoms with Crippen LogP contribution in [0.4, 0.5) is 4.79 Å². The molecule has 5 nitrogen and oxygen atoms in total. The fourth-order valence-corrected chi connectivity index (χ4v) is 2.49. The fourth-order valence-electron chi connectivity index (χ4n) is 2.49. The van der Waals surface area contributed by atoms with Crippen molar-refractivity contribution in [1.29, 1.82) is 0 Å². The summed E-state index contributed by atoms with van der Waals surface area (Å²) in [4.78, 5) is 24.4. The minimum absolute atomic E-state index is 0.0435. The summed E-state index contributed by atoms with van der Waals surface area (Å²) in [6, 6.07) is -0.104. The number of likely N-dealkylation sites (tertiary alicyclic amines) is 1. The van der Waals surface area contributed by atoms with Crippen LogP contribution in [0.1, 0.15) is 26.2 Å². The molecule has 0 bridgehead atoms. The number of hydrogen-bond acceptors (Lipinski definition) is 2. The average Bonchev–Trinajstić information content (AvgIpc) is 2.58. The maximum atomic E-state index is 11.8. The van der Waals surface area contributed by atoms with Crippen LogP contribution in [0.25, 0.3) is 0 Å². The highest BCUT2D eigenvalue weighted by Crippen LogP contribution is 2.26. The van der Waals surface area contributed by atoms with E-state index in [2.05, 4.69) is 5.32 Å². The molecule has 1 aliphatic heterocycles. The first-order valence-electron chi connectivity index (χ1n) is 6.33. The smallest absolute Gasteiger partial charge is 0.317 e. The number of carboxylic acids is 1. The number of hydrogen-bond donors (Lipinski definition) is 2. The van der Waals surface area contributed by atoms with E-state index in [1.54, 1.807) is 4.90 Å². The first-order valence-corrected chi connectivity index (χ1v) is 6.33. The van der Waals surface area contributed by atoms with E-state index in [4.69, 9.17) is 5.11 Å². The van der Waals surface area contributed by atoms with Crippen LogP contribution in [-0.4, -0.2) is 41.6 Å². The molecule has 1 aliphatic carbocycles. The highest BCUT2D eigenvalue weighted by atomic mass is 16.4. The van der Waals surface area contributed by atoms with Crippen LogP contribution in [0.15, 0.2) is 0 Å². The highest BCUT2D eigenvalue weighted by Gasteiger charge is 2.37. The normalized spacial score (nSPS) is 28.9. The lowest BCUT2D eigenvalue weighted by molar-refractivity contribution is -0.142. The molecule has 1 saturated heterocycles. The lowest BCUT2D eigenvalue weighted by atomic mass is 9.85. The van der Waals surface area contributed by atoms with E-state index >= 15 is 0 Å². The van der Waals surface area contributed by atoms with Crippen molar-refractivity contribution >= 4 is 12.0 Å². The second-order valence-electron chi connectivity index (χ2n) is 5.31. The predicted octanol–water partition coefficient (Wildman–Crippen LogP) is 1.15. The molecule has 5 heteroatoms. The SMILES string of the molecule is C[C@@H]1CN(C(=O)NCC2CCC2)C[C@H]1C(=O)O. The monoisotopic (exact) mass is 240 g/mol. The van der Waals surface area contributed by atoms with E-state index in [9.17, 15) is 9.59 Å². The molecule has 1 saturated carbocycles. The predicted molar refractivity (Wildman–Crippen MR) is 62.6 cm³/mol. The summed E-state index contributed by atoms with van der Waals surface area (Å²) in [7, 11) is 0. The molecule has 0 radical (unpaired) electrons. The summed E-state index contributed by atoms with van der Waals surface area (Å²) in [5, 5.41) is 11.9. The van der Waals surface area contributed by atoms with Gasteiger partial charge in [-0.3, -0.25) is 4.79 Å². The van der Waals surface area contributed by atoms with Gasteiger partial charge < -0.3 is 15.3 Å². The Balaban J connectivity index is 1.78. The van der Waals surface area contributed by atoms with Crippen LogP contribution in [0.3, 0.4) is 0 Å². The first kappa shape index (κ1) is 12.2. The van der Waals surface area contributed by atoms with Gasteiger partial charge in [0.2, 0.25) is 0 Å². The van der Waals surface area contributed by atoms with Gasteiger partial charge in [0.25, 0.3) is 0 Å². The number of rotatable bonds is 3. The van der Waals surface area contributed by atoms with Crippen LogP contribution in [0.2, 0.25) is 0 Å². The molecule has 2 amide bonds. The molecule has 2 N–H and O–H groups in total. The molecular weight excluding hydrogens is 220 g/mol. The summed E-state index contributed by atoms with van der Waals surface area (Å²) in [6.07, 6.45) is 3.67. The van der Waals surface area contributed by atoms with Crippen molar-refractivity contribution in [2.75, 3.05) is 19.6 Å². The van der Waals surface area contributed by atoms with Crippen LogP contribution < -0.4 is 5.32 Å². The molecule has 0 spiro atoms. The lowest BCUT2D eigenvalue weighted by Gasteiger charge is -2.26. The Morgan fingerprint density at radius 2 is 2.06 bits per heavy atom. The molecule has 2 fully saturated rings. The third-order valence-electron chi connectivity index (χ3n) is 3.98. The molecule has 0 aromatic carbocycles. The van der Waals surface area contributed by atoms with E-state index in [-0.39, 0.29) is 11.9 Å². The minimum atomic E-state index is -0.799. The van der Waals surface area contributed by atoms with Gasteiger partial charge in [-0.25, -0.2) is 4.79 Å². The Morgan fingerprint density at radius 3 is 2.53 bits per heavy atom. The molecule has 0 aromatic rings. The standard InChI is InChI=1S/C12H20N2O3/c1-8-6-14(7-10(8)11(15)16)12(17)13-5-9-3-2-4-9/h8-10H,2-7H2,1H3,(H,13,17)(H,15,16)/t8-,10-/m1/s1. The van der Waals surface area contributed by atoms with E-state index in [1.807, 2.05) is 6.92 Å². The summed E-state index contributed by atoms with van der Waals surface area (Å²) >= 11 is 0. The lowest BCUT2D eigenvalue weighted by Crippen LogP contribution is -2.42. The van der Waals surface area contributed by atoms with Crippen molar-refractivity contribution < 1.29 is 14.7 Å². The Kier molecular flexibility index (Phi) is 3.54. The zero-order valence-electron chi connectivity index (χ0n) is 10.2. The maximum absolute atomic E-state index is 11.8. The Morgan fingerprint density at radius 1 is 1.35 bits per heavy atom. The van der Waals surface area contributed by atoms with Crippen LogP contribution in [0, 0.1) is 17.8 Å². The van der Waals surface area contributed by atoms with Gasteiger partial charge in [-0.2, -0.15) is 0 Å². The van der Waals surface area contributed by atoms with E-state index in [1.165, 1.54) is 19.3 Å². The van der Waals surface area contributed by atoms with Crippen molar-refractivity contribution in [3.8, 4) is 0 Å². The molecule has 0 unspecified atom stereocenters. The van der Waals surface area contributed by atoms with Crippen LogP contribution in [0.5, 0.6) is 0 Å². The van der Waals surface area contributed by atoms with Gasteiger partial charge in [0, 0.05) is 19.6 Å². The Bertz CT molecular complexity index is 315. The summed E-state index contributed by atoms with van der Waals surface area (Å²) in [6.45, 7) is 3.51. The second kappa shape index (κ2) is 4.94. The van der Waals surface area contributed by atoms with Gasteiger partial charge in [0.1, 0.15) is 0 Å². The number of urea groups is 1. The number of nitrogens with zero attached hydrogens (tertiary/aromatic N) is 1. The molecular formula is C12H20N2O3. The van der Waals surface area contributed by atoms with Crippen molar-refractivity contribution in [3.05, 3.63) is 0 Å². The number of amides is 2. The van der Waals surface area contributed by atoms with E-state index < -0.39 is 11.9 Å². The summed E-state index contributed by atoms with van der Waals surface area (Å²) in [5.41, 5.74) is 0. The average molecular weight is 240 g/mol. The molecule has 1 heterocycles. The largest absolute Gasteiger partial charge is 0.481 e.